The molecule has 1 N–H and O–H groups in total. The van der Waals surface area contributed by atoms with Gasteiger partial charge in [0.25, 0.3) is 0 Å². The summed E-state index contributed by atoms with van der Waals surface area (Å²) in [4.78, 5) is 71.2. The summed E-state index contributed by atoms with van der Waals surface area (Å²) in [6.45, 7) is 1.75. The number of methoxy groups -OCH3 is 1. The van der Waals surface area contributed by atoms with Gasteiger partial charge in [-0.05, 0) is 55.0 Å². The van der Waals surface area contributed by atoms with Crippen LogP contribution in [0.5, 0.6) is 5.75 Å². The van der Waals surface area contributed by atoms with E-state index in [9.17, 15) is 24.3 Å². The van der Waals surface area contributed by atoms with Crippen LogP contribution in [0.4, 0.5) is 10.5 Å². The van der Waals surface area contributed by atoms with E-state index >= 15 is 4.79 Å². The van der Waals surface area contributed by atoms with Crippen LogP contribution >= 0.6 is 11.6 Å². The highest BCUT2D eigenvalue weighted by molar-refractivity contribution is 6.32. The predicted octanol–water partition coefficient (Wildman–Crippen LogP) is 5.28. The number of allylic oxidation sites excluding steroid dienone is 2. The van der Waals surface area contributed by atoms with E-state index in [1.54, 1.807) is 61.5 Å². The highest BCUT2D eigenvalue weighted by Crippen LogP contribution is 2.65. The zero-order valence-electron chi connectivity index (χ0n) is 24.5. The third kappa shape index (κ3) is 3.89. The maximum absolute atomic E-state index is 15.1. The quantitative estimate of drug-likeness (QED) is 0.311. The molecule has 1 saturated carbocycles. The number of para-hydroxylation sites is 1. The summed E-state index contributed by atoms with van der Waals surface area (Å²) in [7, 11) is 1.10. The monoisotopic (exact) mass is 624 g/mol. The molecule has 2 aliphatic carbocycles. The lowest BCUT2D eigenvalue weighted by atomic mass is 9.49. The molecule has 2 aliphatic heterocycles. The van der Waals surface area contributed by atoms with Gasteiger partial charge in [0.1, 0.15) is 5.75 Å². The standard InChI is InChI=1S/C35H29ClN2O7/c1-18-8-6-13-24(29(18)39)28-22-14-15-23-27(32(42)38(30(23)40)34(44)45-2)25(22)17-26-31(41)37(21-12-7-11-20(36)16-21)33(43)35(26,28)19-9-4-3-5-10-19/h3-14,16,23,25-28,39H,15,17H2,1-2H3/t23-,25+,26-,27-,28+,35+/m0/s1. The van der Waals surface area contributed by atoms with Crippen molar-refractivity contribution in [2.75, 3.05) is 12.0 Å². The number of phenols is 1. The summed E-state index contributed by atoms with van der Waals surface area (Å²) in [5.41, 5.74) is 1.10. The van der Waals surface area contributed by atoms with Crippen LogP contribution in [-0.4, -0.2) is 46.8 Å². The van der Waals surface area contributed by atoms with Crippen LogP contribution in [0.3, 0.4) is 0 Å². The molecule has 0 bridgehead atoms. The molecule has 7 rings (SSSR count). The van der Waals surface area contributed by atoms with Crippen LogP contribution in [0, 0.1) is 30.6 Å². The van der Waals surface area contributed by atoms with Crippen molar-refractivity contribution in [1.82, 2.24) is 4.90 Å². The number of carbonyl (C=O) groups is 5. The van der Waals surface area contributed by atoms with Crippen molar-refractivity contribution in [3.63, 3.8) is 0 Å². The number of likely N-dealkylation sites (tertiary alicyclic amines) is 1. The van der Waals surface area contributed by atoms with Crippen molar-refractivity contribution in [1.29, 1.82) is 0 Å². The van der Waals surface area contributed by atoms with Crippen molar-refractivity contribution >= 4 is 47.0 Å². The first-order valence-corrected chi connectivity index (χ1v) is 15.1. The molecule has 0 radical (unpaired) electrons. The SMILES string of the molecule is COC(=O)N1C(=O)[C@H]2[C@H](CC=C3[C@H]2C[C@H]2C(=O)N(c4cccc(Cl)c4)C(=O)[C@@]2(c2ccccc2)[C@H]3c2cccc(C)c2O)C1=O. The third-order valence-electron chi connectivity index (χ3n) is 10.1. The van der Waals surface area contributed by atoms with E-state index in [-0.39, 0.29) is 18.6 Å². The molecule has 228 valence electrons. The molecule has 3 aromatic carbocycles. The Balaban J connectivity index is 1.51. The molecule has 5 amide bonds. The summed E-state index contributed by atoms with van der Waals surface area (Å²) in [5.74, 6) is -6.57. The lowest BCUT2D eigenvalue weighted by Crippen LogP contribution is -2.53. The Morgan fingerprint density at radius 1 is 0.933 bits per heavy atom. The van der Waals surface area contributed by atoms with Gasteiger partial charge in [0.15, 0.2) is 0 Å². The normalized spacial score (nSPS) is 28.9. The van der Waals surface area contributed by atoms with Crippen LogP contribution in [0.15, 0.2) is 84.4 Å². The number of carbonyl (C=O) groups excluding carboxylic acids is 5. The highest BCUT2D eigenvalue weighted by Gasteiger charge is 2.70. The fraction of sp³-hybridized carbons (Fsp3) is 0.286. The van der Waals surface area contributed by atoms with E-state index in [1.165, 1.54) is 4.90 Å². The van der Waals surface area contributed by atoms with Crippen LogP contribution < -0.4 is 4.90 Å². The second-order valence-electron chi connectivity index (χ2n) is 12.1. The average molecular weight is 625 g/mol. The van der Waals surface area contributed by atoms with Gasteiger partial charge in [0.05, 0.1) is 36.0 Å². The van der Waals surface area contributed by atoms with Crippen molar-refractivity contribution in [2.45, 2.75) is 31.1 Å². The summed E-state index contributed by atoms with van der Waals surface area (Å²) in [6, 6.07) is 20.9. The third-order valence-corrected chi connectivity index (χ3v) is 10.3. The molecule has 3 fully saturated rings. The lowest BCUT2D eigenvalue weighted by molar-refractivity contribution is -0.138. The number of phenolic OH excluding ortho intramolecular Hbond substituents is 1. The van der Waals surface area contributed by atoms with E-state index in [2.05, 4.69) is 0 Å². The summed E-state index contributed by atoms with van der Waals surface area (Å²) < 4.78 is 4.76. The fourth-order valence-electron chi connectivity index (χ4n) is 8.27. The van der Waals surface area contributed by atoms with E-state index in [1.807, 2.05) is 24.3 Å². The van der Waals surface area contributed by atoms with E-state index < -0.39 is 64.7 Å². The molecule has 10 heteroatoms. The number of anilines is 1. The van der Waals surface area contributed by atoms with Gasteiger partial charge in [0, 0.05) is 16.5 Å². The predicted molar refractivity (Wildman–Crippen MR) is 163 cm³/mol. The molecule has 3 aromatic rings. The van der Waals surface area contributed by atoms with Gasteiger partial charge in [-0.15, -0.1) is 0 Å². The molecule has 45 heavy (non-hydrogen) atoms. The number of fused-ring (bicyclic) bond motifs is 4. The van der Waals surface area contributed by atoms with Gasteiger partial charge < -0.3 is 9.84 Å². The van der Waals surface area contributed by atoms with E-state index in [0.717, 1.165) is 7.11 Å². The molecular formula is C35H29ClN2O7. The molecule has 2 heterocycles. The summed E-state index contributed by atoms with van der Waals surface area (Å²) in [5, 5.41) is 11.9. The van der Waals surface area contributed by atoms with E-state index in [0.29, 0.717) is 37.9 Å². The molecule has 4 aliphatic rings. The van der Waals surface area contributed by atoms with Crippen LogP contribution in [-0.2, 0) is 29.3 Å². The summed E-state index contributed by atoms with van der Waals surface area (Å²) >= 11 is 6.32. The number of hydrogen-bond donors (Lipinski definition) is 1. The maximum atomic E-state index is 15.1. The minimum atomic E-state index is -1.51. The number of ether oxygens (including phenoxy) is 1. The number of rotatable bonds is 3. The minimum absolute atomic E-state index is 0.0216. The number of benzene rings is 3. The Labute approximate surface area is 264 Å². The topological polar surface area (TPSA) is 121 Å². The minimum Gasteiger partial charge on any atom is -0.507 e. The van der Waals surface area contributed by atoms with E-state index in [4.69, 9.17) is 16.3 Å². The number of halogens is 1. The molecule has 0 unspecified atom stereocenters. The Kier molecular flexibility index (Phi) is 6.70. The van der Waals surface area contributed by atoms with Gasteiger partial charge in [0.2, 0.25) is 23.6 Å². The number of nitrogens with zero attached hydrogens (tertiary/aromatic N) is 2. The van der Waals surface area contributed by atoms with Crippen LogP contribution in [0.2, 0.25) is 5.02 Å². The Hall–Kier alpha value is -4.76. The van der Waals surface area contributed by atoms with Gasteiger partial charge in [-0.3, -0.25) is 19.2 Å². The Morgan fingerprint density at radius 3 is 2.38 bits per heavy atom. The highest BCUT2D eigenvalue weighted by atomic mass is 35.5. The molecular weight excluding hydrogens is 596 g/mol. The number of hydrogen-bond acceptors (Lipinski definition) is 7. The zero-order chi connectivity index (χ0) is 31.8. The van der Waals surface area contributed by atoms with Crippen LogP contribution in [0.25, 0.3) is 0 Å². The first-order valence-electron chi connectivity index (χ1n) is 14.8. The zero-order valence-corrected chi connectivity index (χ0v) is 25.2. The second kappa shape index (κ2) is 10.4. The van der Waals surface area contributed by atoms with Gasteiger partial charge in [-0.1, -0.05) is 77.8 Å². The first-order chi connectivity index (χ1) is 21.6. The maximum Gasteiger partial charge on any atom is 0.423 e. The molecule has 0 spiro atoms. The molecule has 2 saturated heterocycles. The summed E-state index contributed by atoms with van der Waals surface area (Å²) in [6.07, 6.45) is 1.03. The second-order valence-corrected chi connectivity index (χ2v) is 12.5. The Bertz CT molecular complexity index is 1840. The molecule has 9 nitrogen and oxygen atoms in total. The van der Waals surface area contributed by atoms with Gasteiger partial charge >= 0.3 is 6.09 Å². The van der Waals surface area contributed by atoms with Crippen molar-refractivity contribution in [2.24, 2.45) is 23.7 Å². The van der Waals surface area contributed by atoms with Gasteiger partial charge in [-0.25, -0.2) is 9.69 Å². The number of aromatic hydroxyl groups is 1. The smallest absolute Gasteiger partial charge is 0.423 e. The number of imide groups is 4. The lowest BCUT2D eigenvalue weighted by Gasteiger charge is -2.50. The molecule has 0 aromatic heterocycles. The molecule has 6 atom stereocenters. The van der Waals surface area contributed by atoms with Crippen LogP contribution in [0.1, 0.15) is 35.4 Å². The number of aryl methyl sites for hydroxylation is 1. The fourth-order valence-corrected chi connectivity index (χ4v) is 8.46. The number of amides is 5. The van der Waals surface area contributed by atoms with Gasteiger partial charge in [-0.2, -0.15) is 4.90 Å². The van der Waals surface area contributed by atoms with Crippen molar-refractivity contribution < 1.29 is 33.8 Å². The largest absolute Gasteiger partial charge is 0.507 e. The van der Waals surface area contributed by atoms with Crippen molar-refractivity contribution in [3.8, 4) is 5.75 Å². The average Bonchev–Trinajstić information content (AvgIpc) is 3.43. The Morgan fingerprint density at radius 2 is 1.67 bits per heavy atom. The van der Waals surface area contributed by atoms with Crippen molar-refractivity contribution in [3.05, 3.63) is 106 Å². The first kappa shape index (κ1) is 29.0.